The zero-order valence-electron chi connectivity index (χ0n) is 18.9. The van der Waals surface area contributed by atoms with Gasteiger partial charge < -0.3 is 14.4 Å². The molecule has 0 fully saturated rings. The minimum absolute atomic E-state index is 0.0209. The molecule has 1 N–H and O–H groups in total. The van der Waals surface area contributed by atoms with Crippen LogP contribution in [0.25, 0.3) is 0 Å². The van der Waals surface area contributed by atoms with Crippen LogP contribution in [-0.2, 0) is 15.6 Å². The lowest BCUT2D eigenvalue weighted by molar-refractivity contribution is 0.226. The Morgan fingerprint density at radius 1 is 1.23 bits per heavy atom. The van der Waals surface area contributed by atoms with E-state index in [-0.39, 0.29) is 11.5 Å². The van der Waals surface area contributed by atoms with Crippen molar-refractivity contribution in [2.45, 2.75) is 59.0 Å². The highest BCUT2D eigenvalue weighted by Crippen LogP contribution is 2.63. The number of methoxy groups -OCH3 is 1. The molecule has 0 saturated carbocycles. The summed E-state index contributed by atoms with van der Waals surface area (Å²) in [5.74, 6) is 1.17. The molecule has 1 aromatic heterocycles. The van der Waals surface area contributed by atoms with Gasteiger partial charge in [0.15, 0.2) is 17.3 Å². The van der Waals surface area contributed by atoms with Gasteiger partial charge in [-0.15, -0.1) is 0 Å². The summed E-state index contributed by atoms with van der Waals surface area (Å²) in [6.07, 6.45) is 3.61. The zero-order chi connectivity index (χ0) is 22.5. The molecule has 2 rings (SSSR count). The third-order valence-electron chi connectivity index (χ3n) is 5.65. The second-order valence-electron chi connectivity index (χ2n) is 7.50. The molecule has 166 valence electrons. The number of hydroxylamine groups is 1. The fourth-order valence-corrected chi connectivity index (χ4v) is 5.12. The average Bonchev–Trinajstić information content (AvgIpc) is 2.75. The van der Waals surface area contributed by atoms with Gasteiger partial charge >= 0.3 is 7.60 Å². The molecule has 2 aromatic rings. The molecule has 1 heterocycles. The summed E-state index contributed by atoms with van der Waals surface area (Å²) >= 11 is 0. The van der Waals surface area contributed by atoms with Crippen molar-refractivity contribution in [3.05, 3.63) is 41.6 Å². The Kier molecular flexibility index (Phi) is 7.78. The van der Waals surface area contributed by atoms with Crippen molar-refractivity contribution in [2.75, 3.05) is 19.2 Å². The normalized spacial score (nSPS) is 13.6. The molecule has 0 radical (unpaired) electrons. The maximum atomic E-state index is 14.2. The third-order valence-corrected chi connectivity index (χ3v) is 8.51. The van der Waals surface area contributed by atoms with E-state index in [0.29, 0.717) is 30.0 Å². The van der Waals surface area contributed by atoms with Crippen LogP contribution in [0.4, 0.5) is 5.82 Å². The van der Waals surface area contributed by atoms with Crippen molar-refractivity contribution in [3.63, 3.8) is 0 Å². The minimum atomic E-state index is -3.73. The van der Waals surface area contributed by atoms with Gasteiger partial charge in [-0.1, -0.05) is 26.8 Å². The van der Waals surface area contributed by atoms with Crippen LogP contribution in [0, 0.1) is 6.92 Å². The molecule has 0 bridgehead atoms. The molecule has 0 saturated heterocycles. The van der Waals surface area contributed by atoms with Crippen molar-refractivity contribution in [1.29, 1.82) is 0 Å². The van der Waals surface area contributed by atoms with E-state index in [9.17, 15) is 9.67 Å². The van der Waals surface area contributed by atoms with Crippen LogP contribution in [0.5, 0.6) is 17.2 Å². The number of nitrogens with zero attached hydrogens (tertiary/aromatic N) is 2. The number of hydrogen-bond acceptors (Lipinski definition) is 7. The second-order valence-corrected chi connectivity index (χ2v) is 9.92. The van der Waals surface area contributed by atoms with Gasteiger partial charge in [-0.3, -0.25) is 0 Å². The number of phenolic OH excluding ortho intramolecular Hbond substituents is 1. The molecular formula is C22H33N2O5P. The maximum absolute atomic E-state index is 14.2. The summed E-state index contributed by atoms with van der Waals surface area (Å²) in [4.78, 5) is 4.40. The number of phenols is 1. The molecule has 0 aliphatic heterocycles. The SMILES string of the molecule is CCc1cccnc1N(C)OP(=O)(Oc1cc(C)c(O)c(OC)c1)C(C)(CC)CC. The zero-order valence-corrected chi connectivity index (χ0v) is 19.8. The van der Waals surface area contributed by atoms with Crippen LogP contribution in [0.1, 0.15) is 51.7 Å². The molecule has 0 spiro atoms. The van der Waals surface area contributed by atoms with Gasteiger partial charge in [0.25, 0.3) is 0 Å². The number of rotatable bonds is 10. The van der Waals surface area contributed by atoms with Crippen LogP contribution >= 0.6 is 7.60 Å². The van der Waals surface area contributed by atoms with Gasteiger partial charge in [0.1, 0.15) is 5.75 Å². The Bertz CT molecular complexity index is 914. The van der Waals surface area contributed by atoms with Crippen molar-refractivity contribution in [3.8, 4) is 17.2 Å². The third kappa shape index (κ3) is 4.73. The van der Waals surface area contributed by atoms with Gasteiger partial charge in [0.05, 0.1) is 12.3 Å². The topological polar surface area (TPSA) is 81.1 Å². The highest BCUT2D eigenvalue weighted by Gasteiger charge is 2.48. The van der Waals surface area contributed by atoms with Crippen LogP contribution in [0.3, 0.4) is 0 Å². The molecule has 1 aromatic carbocycles. The highest BCUT2D eigenvalue weighted by atomic mass is 31.2. The number of aromatic nitrogens is 1. The first-order valence-corrected chi connectivity index (χ1v) is 11.7. The van der Waals surface area contributed by atoms with Gasteiger partial charge in [-0.05, 0) is 56.4 Å². The molecular weight excluding hydrogens is 403 g/mol. The van der Waals surface area contributed by atoms with Crippen molar-refractivity contribution >= 4 is 13.4 Å². The van der Waals surface area contributed by atoms with Crippen LogP contribution in [0.15, 0.2) is 30.5 Å². The summed E-state index contributed by atoms with van der Waals surface area (Å²) in [5, 5.41) is 10.8. The second kappa shape index (κ2) is 9.71. The van der Waals surface area contributed by atoms with Gasteiger partial charge in [0, 0.05) is 19.3 Å². The highest BCUT2D eigenvalue weighted by molar-refractivity contribution is 7.56. The summed E-state index contributed by atoms with van der Waals surface area (Å²) in [6.45, 7) is 9.57. The smallest absolute Gasteiger partial charge is 0.406 e. The summed E-state index contributed by atoms with van der Waals surface area (Å²) in [6, 6.07) is 6.96. The van der Waals surface area contributed by atoms with E-state index >= 15 is 0 Å². The Balaban J connectivity index is 2.49. The lowest BCUT2D eigenvalue weighted by Gasteiger charge is -2.36. The molecule has 7 nitrogen and oxygen atoms in total. The minimum Gasteiger partial charge on any atom is -0.504 e. The Labute approximate surface area is 179 Å². The van der Waals surface area contributed by atoms with E-state index in [1.165, 1.54) is 18.2 Å². The van der Waals surface area contributed by atoms with Crippen LogP contribution in [-0.4, -0.2) is 29.4 Å². The predicted molar refractivity (Wildman–Crippen MR) is 120 cm³/mol. The number of aromatic hydroxyl groups is 1. The quantitative estimate of drug-likeness (QED) is 0.368. The molecule has 0 aliphatic carbocycles. The standard InChI is InChI=1S/C22H33N2O5P/c1-8-17-12-11-13-23-21(17)24(6)29-30(26,22(5,9-2)10-3)28-18-14-16(4)20(25)19(15-18)27-7/h11-15,25H,8-10H2,1-7H3. The molecule has 1 atom stereocenters. The largest absolute Gasteiger partial charge is 0.504 e. The first-order valence-electron chi connectivity index (χ1n) is 10.2. The van der Waals surface area contributed by atoms with Crippen LogP contribution < -0.4 is 14.3 Å². The number of anilines is 1. The van der Waals surface area contributed by atoms with Crippen molar-refractivity contribution in [1.82, 2.24) is 4.98 Å². The van der Waals surface area contributed by atoms with Crippen molar-refractivity contribution < 1.29 is 23.6 Å². The monoisotopic (exact) mass is 436 g/mol. The molecule has 8 heteroatoms. The van der Waals surface area contributed by atoms with E-state index in [2.05, 4.69) is 4.98 Å². The van der Waals surface area contributed by atoms with Gasteiger partial charge in [0.2, 0.25) is 0 Å². The molecule has 0 amide bonds. The number of hydrogen-bond donors (Lipinski definition) is 1. The van der Waals surface area contributed by atoms with E-state index in [0.717, 1.165) is 12.0 Å². The van der Waals surface area contributed by atoms with E-state index in [1.54, 1.807) is 26.2 Å². The lowest BCUT2D eigenvalue weighted by atomic mass is 10.1. The first-order chi connectivity index (χ1) is 14.1. The number of aryl methyl sites for hydroxylation is 2. The van der Waals surface area contributed by atoms with Gasteiger partial charge in [-0.25, -0.2) is 14.6 Å². The Hall–Kier alpha value is -2.24. The molecule has 1 unspecified atom stereocenters. The molecule has 0 aliphatic rings. The Morgan fingerprint density at radius 3 is 2.47 bits per heavy atom. The number of benzene rings is 1. The van der Waals surface area contributed by atoms with Crippen LogP contribution in [0.2, 0.25) is 0 Å². The summed E-state index contributed by atoms with van der Waals surface area (Å²) in [5.41, 5.74) is 1.53. The van der Waals surface area contributed by atoms with E-state index in [4.69, 9.17) is 13.9 Å². The fraction of sp³-hybridized carbons (Fsp3) is 0.500. The summed E-state index contributed by atoms with van der Waals surface area (Å²) in [7, 11) is -0.589. The Morgan fingerprint density at radius 2 is 1.90 bits per heavy atom. The average molecular weight is 436 g/mol. The molecule has 30 heavy (non-hydrogen) atoms. The van der Waals surface area contributed by atoms with E-state index < -0.39 is 12.8 Å². The first kappa shape index (κ1) is 24.0. The summed E-state index contributed by atoms with van der Waals surface area (Å²) < 4.78 is 31.6. The van der Waals surface area contributed by atoms with Crippen molar-refractivity contribution in [2.24, 2.45) is 0 Å². The number of pyridine rings is 1. The maximum Gasteiger partial charge on any atom is 0.406 e. The number of ether oxygens (including phenoxy) is 1. The predicted octanol–water partition coefficient (Wildman–Crippen LogP) is 5.89. The van der Waals surface area contributed by atoms with Gasteiger partial charge in [-0.2, -0.15) is 4.62 Å². The lowest BCUT2D eigenvalue weighted by Crippen LogP contribution is -2.32. The fourth-order valence-electron chi connectivity index (χ4n) is 3.11. The van der Waals surface area contributed by atoms with E-state index in [1.807, 2.05) is 39.8 Å².